The molecule has 1 amide bonds. The standard InChI is InChI=1S/C10H11NO5/c12-6-8(9(13)14)11-10(15)16-7-4-2-1-3-5-7/h1-5,8,12H,6H2,(H,11,15)(H,13,14)/t8-/m1/s1. The topological polar surface area (TPSA) is 95.9 Å². The number of carbonyl (C=O) groups excluding carboxylic acids is 1. The molecule has 0 fully saturated rings. The summed E-state index contributed by atoms with van der Waals surface area (Å²) in [5.41, 5.74) is 0. The van der Waals surface area contributed by atoms with Crippen LogP contribution in [0.15, 0.2) is 30.3 Å². The third-order valence-electron chi connectivity index (χ3n) is 1.73. The van der Waals surface area contributed by atoms with Gasteiger partial charge in [-0.3, -0.25) is 0 Å². The van der Waals surface area contributed by atoms with E-state index in [2.05, 4.69) is 0 Å². The minimum absolute atomic E-state index is 0.294. The van der Waals surface area contributed by atoms with E-state index in [9.17, 15) is 9.59 Å². The molecular weight excluding hydrogens is 214 g/mol. The van der Waals surface area contributed by atoms with Gasteiger partial charge in [-0.05, 0) is 12.1 Å². The van der Waals surface area contributed by atoms with Gasteiger partial charge in [-0.2, -0.15) is 0 Å². The fourth-order valence-corrected chi connectivity index (χ4v) is 0.953. The highest BCUT2D eigenvalue weighted by atomic mass is 16.6. The maximum atomic E-state index is 11.2. The average Bonchev–Trinajstić information content (AvgIpc) is 2.27. The summed E-state index contributed by atoms with van der Waals surface area (Å²) in [4.78, 5) is 21.7. The molecule has 1 atom stereocenters. The van der Waals surface area contributed by atoms with E-state index in [0.29, 0.717) is 5.75 Å². The van der Waals surface area contributed by atoms with Crippen LogP contribution in [-0.4, -0.2) is 34.9 Å². The van der Waals surface area contributed by atoms with Crippen molar-refractivity contribution in [1.29, 1.82) is 0 Å². The number of carboxylic acid groups (broad SMARTS) is 1. The lowest BCUT2D eigenvalue weighted by Gasteiger charge is -2.11. The van der Waals surface area contributed by atoms with Gasteiger partial charge in [0.1, 0.15) is 5.75 Å². The quantitative estimate of drug-likeness (QED) is 0.681. The predicted octanol–water partition coefficient (Wildman–Crippen LogP) is 0.220. The molecule has 0 aliphatic rings. The van der Waals surface area contributed by atoms with Crippen molar-refractivity contribution in [3.8, 4) is 5.75 Å². The molecule has 0 aliphatic heterocycles. The van der Waals surface area contributed by atoms with Crippen LogP contribution in [0.1, 0.15) is 0 Å². The Morgan fingerprint density at radius 1 is 1.31 bits per heavy atom. The van der Waals surface area contributed by atoms with E-state index in [1.165, 1.54) is 0 Å². The van der Waals surface area contributed by atoms with Gasteiger partial charge < -0.3 is 20.3 Å². The molecule has 0 spiro atoms. The largest absolute Gasteiger partial charge is 0.480 e. The lowest BCUT2D eigenvalue weighted by atomic mass is 10.3. The Hall–Kier alpha value is -2.08. The first kappa shape index (κ1) is 12.0. The van der Waals surface area contributed by atoms with E-state index in [1.807, 2.05) is 5.32 Å². The van der Waals surface area contributed by atoms with Crippen molar-refractivity contribution >= 4 is 12.1 Å². The average molecular weight is 225 g/mol. The summed E-state index contributed by atoms with van der Waals surface area (Å²) < 4.78 is 4.77. The minimum atomic E-state index is -1.36. The van der Waals surface area contributed by atoms with Gasteiger partial charge in [0, 0.05) is 0 Å². The zero-order chi connectivity index (χ0) is 12.0. The van der Waals surface area contributed by atoms with Crippen molar-refractivity contribution in [2.24, 2.45) is 0 Å². The number of amides is 1. The Morgan fingerprint density at radius 2 is 1.94 bits per heavy atom. The van der Waals surface area contributed by atoms with Crippen LogP contribution in [0, 0.1) is 0 Å². The summed E-state index contributed by atoms with van der Waals surface area (Å²) >= 11 is 0. The molecule has 0 aromatic heterocycles. The molecule has 0 saturated carbocycles. The number of carbonyl (C=O) groups is 2. The van der Waals surface area contributed by atoms with Gasteiger partial charge in [0.2, 0.25) is 0 Å². The van der Waals surface area contributed by atoms with Crippen molar-refractivity contribution in [2.45, 2.75) is 6.04 Å². The van der Waals surface area contributed by atoms with Crippen LogP contribution in [0.5, 0.6) is 5.75 Å². The van der Waals surface area contributed by atoms with Gasteiger partial charge in [-0.1, -0.05) is 18.2 Å². The summed E-state index contributed by atoms with van der Waals surface area (Å²) in [5, 5.41) is 19.2. The van der Waals surface area contributed by atoms with Crippen LogP contribution in [-0.2, 0) is 4.79 Å². The molecule has 0 aliphatic carbocycles. The number of hydrogen-bond acceptors (Lipinski definition) is 4. The second-order valence-electron chi connectivity index (χ2n) is 2.92. The lowest BCUT2D eigenvalue weighted by Crippen LogP contribution is -2.44. The number of carboxylic acids is 1. The van der Waals surface area contributed by atoms with Gasteiger partial charge in [0.05, 0.1) is 6.61 Å². The van der Waals surface area contributed by atoms with Crippen molar-refractivity contribution in [2.75, 3.05) is 6.61 Å². The first-order valence-electron chi connectivity index (χ1n) is 4.50. The Bertz CT molecular complexity index is 365. The van der Waals surface area contributed by atoms with Crippen molar-refractivity contribution in [3.05, 3.63) is 30.3 Å². The van der Waals surface area contributed by atoms with Crippen LogP contribution < -0.4 is 10.1 Å². The third-order valence-corrected chi connectivity index (χ3v) is 1.73. The van der Waals surface area contributed by atoms with Gasteiger partial charge in [-0.25, -0.2) is 9.59 Å². The lowest BCUT2D eigenvalue weighted by molar-refractivity contribution is -0.140. The SMILES string of the molecule is O=C(N[C@H](CO)C(=O)O)Oc1ccccc1. The highest BCUT2D eigenvalue weighted by molar-refractivity contribution is 5.80. The summed E-state index contributed by atoms with van der Waals surface area (Å²) in [6.07, 6.45) is -0.923. The molecular formula is C10H11NO5. The maximum absolute atomic E-state index is 11.2. The van der Waals surface area contributed by atoms with Crippen molar-refractivity contribution in [1.82, 2.24) is 5.32 Å². The smallest absolute Gasteiger partial charge is 0.413 e. The number of rotatable bonds is 4. The molecule has 6 heteroatoms. The number of para-hydroxylation sites is 1. The van der Waals surface area contributed by atoms with Gasteiger partial charge in [-0.15, -0.1) is 0 Å². The summed E-state index contributed by atoms with van der Waals surface area (Å²) in [6.45, 7) is -0.695. The Morgan fingerprint density at radius 3 is 2.44 bits per heavy atom. The van der Waals surface area contributed by atoms with Gasteiger partial charge >= 0.3 is 12.1 Å². The molecule has 1 rings (SSSR count). The predicted molar refractivity (Wildman–Crippen MR) is 54.1 cm³/mol. The number of aliphatic carboxylic acids is 1. The summed E-state index contributed by atoms with van der Waals surface area (Å²) in [7, 11) is 0. The number of aliphatic hydroxyl groups is 1. The van der Waals surface area contributed by atoms with E-state index in [4.69, 9.17) is 14.9 Å². The molecule has 3 N–H and O–H groups in total. The zero-order valence-electron chi connectivity index (χ0n) is 8.29. The third kappa shape index (κ3) is 3.58. The van der Waals surface area contributed by atoms with Crippen LogP contribution >= 0.6 is 0 Å². The van der Waals surface area contributed by atoms with E-state index < -0.39 is 24.7 Å². The molecule has 0 radical (unpaired) electrons. The van der Waals surface area contributed by atoms with E-state index >= 15 is 0 Å². The molecule has 0 bridgehead atoms. The first-order chi connectivity index (χ1) is 7.63. The number of ether oxygens (including phenoxy) is 1. The Labute approximate surface area is 91.5 Å². The first-order valence-corrected chi connectivity index (χ1v) is 4.50. The van der Waals surface area contributed by atoms with Crippen molar-refractivity contribution in [3.63, 3.8) is 0 Å². The highest BCUT2D eigenvalue weighted by Crippen LogP contribution is 2.08. The van der Waals surface area contributed by atoms with Crippen LogP contribution in [0.4, 0.5) is 4.79 Å². The maximum Gasteiger partial charge on any atom is 0.413 e. The van der Waals surface area contributed by atoms with E-state index in [1.54, 1.807) is 30.3 Å². The molecule has 16 heavy (non-hydrogen) atoms. The fraction of sp³-hybridized carbons (Fsp3) is 0.200. The highest BCUT2D eigenvalue weighted by Gasteiger charge is 2.19. The molecule has 0 saturated heterocycles. The minimum Gasteiger partial charge on any atom is -0.480 e. The van der Waals surface area contributed by atoms with Gasteiger partial charge in [0.15, 0.2) is 6.04 Å². The molecule has 1 aromatic rings. The van der Waals surface area contributed by atoms with Gasteiger partial charge in [0.25, 0.3) is 0 Å². The van der Waals surface area contributed by atoms with Crippen molar-refractivity contribution < 1.29 is 24.5 Å². The number of aliphatic hydroxyl groups excluding tert-OH is 1. The number of nitrogens with one attached hydrogen (secondary N) is 1. The van der Waals surface area contributed by atoms with Crippen LogP contribution in [0.25, 0.3) is 0 Å². The second kappa shape index (κ2) is 5.72. The Kier molecular flexibility index (Phi) is 4.28. The normalized spacial score (nSPS) is 11.6. The number of hydrogen-bond donors (Lipinski definition) is 3. The van der Waals surface area contributed by atoms with E-state index in [-0.39, 0.29) is 0 Å². The monoisotopic (exact) mass is 225 g/mol. The molecule has 86 valence electrons. The zero-order valence-corrected chi connectivity index (χ0v) is 8.29. The van der Waals surface area contributed by atoms with E-state index in [0.717, 1.165) is 0 Å². The number of benzene rings is 1. The molecule has 6 nitrogen and oxygen atoms in total. The summed E-state index contributed by atoms with van der Waals surface area (Å²) in [5.74, 6) is -1.03. The summed E-state index contributed by atoms with van der Waals surface area (Å²) in [6, 6.07) is 6.82. The molecule has 1 aromatic carbocycles. The van der Waals surface area contributed by atoms with Crippen LogP contribution in [0.2, 0.25) is 0 Å². The molecule has 0 unspecified atom stereocenters. The fourth-order valence-electron chi connectivity index (χ4n) is 0.953. The van der Waals surface area contributed by atoms with Crippen LogP contribution in [0.3, 0.4) is 0 Å². The second-order valence-corrected chi connectivity index (χ2v) is 2.92. The Balaban J connectivity index is 2.50. The molecule has 0 heterocycles.